The molecule has 0 saturated heterocycles. The number of methoxy groups -OCH3 is 1. The number of hydrogen-bond acceptors (Lipinski definition) is 5. The number of rotatable bonds is 5. The number of ether oxygens (including phenoxy) is 2. The van der Waals surface area contributed by atoms with E-state index in [4.69, 9.17) is 9.15 Å². The summed E-state index contributed by atoms with van der Waals surface area (Å²) < 4.78 is 50.7. The number of alkyl halides is 3. The van der Waals surface area contributed by atoms with Crippen LogP contribution in [0, 0.1) is 6.92 Å². The van der Waals surface area contributed by atoms with E-state index in [9.17, 15) is 22.8 Å². The minimum Gasteiger partial charge on any atom is -0.497 e. The average molecular weight is 407 g/mol. The molecule has 152 valence electrons. The van der Waals surface area contributed by atoms with Crippen molar-refractivity contribution in [3.8, 4) is 11.5 Å². The number of halogens is 3. The summed E-state index contributed by atoms with van der Waals surface area (Å²) >= 11 is 0. The molecule has 0 aliphatic rings. The summed E-state index contributed by atoms with van der Waals surface area (Å²) in [4.78, 5) is 24.6. The fourth-order valence-corrected chi connectivity index (χ4v) is 2.81. The molecule has 0 bridgehead atoms. The van der Waals surface area contributed by atoms with Crippen LogP contribution in [0.5, 0.6) is 11.5 Å². The second-order valence-electron chi connectivity index (χ2n) is 6.15. The van der Waals surface area contributed by atoms with Gasteiger partial charge >= 0.3 is 12.0 Å². The molecule has 0 spiro atoms. The first-order chi connectivity index (χ1) is 13.7. The van der Waals surface area contributed by atoms with E-state index in [1.165, 1.54) is 19.2 Å². The van der Waals surface area contributed by atoms with Crippen LogP contribution in [0.1, 0.15) is 11.1 Å². The molecule has 0 aliphatic heterocycles. The number of carbonyl (C=O) groups is 1. The number of amides is 1. The van der Waals surface area contributed by atoms with Crippen molar-refractivity contribution < 1.29 is 31.9 Å². The first kappa shape index (κ1) is 20.2. The summed E-state index contributed by atoms with van der Waals surface area (Å²) in [6.07, 6.45) is -5.05. The molecule has 6 nitrogen and oxygen atoms in total. The number of fused-ring (bicyclic) bond motifs is 1. The molecule has 1 heterocycles. The van der Waals surface area contributed by atoms with Crippen LogP contribution in [0.25, 0.3) is 11.0 Å². The van der Waals surface area contributed by atoms with Crippen molar-refractivity contribution in [1.82, 2.24) is 0 Å². The highest BCUT2D eigenvalue weighted by Crippen LogP contribution is 2.25. The van der Waals surface area contributed by atoms with Gasteiger partial charge in [-0.2, -0.15) is 0 Å². The molecule has 1 amide bonds. The zero-order chi connectivity index (χ0) is 21.2. The molecule has 0 radical (unpaired) electrons. The number of nitrogens with one attached hydrogen (secondary N) is 1. The van der Waals surface area contributed by atoms with Gasteiger partial charge in [-0.1, -0.05) is 0 Å². The van der Waals surface area contributed by atoms with Gasteiger partial charge in [0, 0.05) is 17.1 Å². The van der Waals surface area contributed by atoms with E-state index < -0.39 is 23.6 Å². The van der Waals surface area contributed by atoms with E-state index in [-0.39, 0.29) is 17.7 Å². The van der Waals surface area contributed by atoms with Crippen molar-refractivity contribution in [2.75, 3.05) is 12.4 Å². The first-order valence-electron chi connectivity index (χ1n) is 8.42. The van der Waals surface area contributed by atoms with Gasteiger partial charge in [-0.15, -0.1) is 13.2 Å². The Balaban J connectivity index is 1.77. The van der Waals surface area contributed by atoms with Gasteiger partial charge in [-0.05, 0) is 48.9 Å². The first-order valence-corrected chi connectivity index (χ1v) is 8.42. The Morgan fingerprint density at radius 3 is 2.38 bits per heavy atom. The maximum absolute atomic E-state index is 12.3. The Kier molecular flexibility index (Phi) is 5.49. The van der Waals surface area contributed by atoms with Crippen molar-refractivity contribution in [3.05, 3.63) is 64.0 Å². The highest BCUT2D eigenvalue weighted by Gasteiger charge is 2.31. The number of carbonyl (C=O) groups excluding carboxylic acids is 1. The molecule has 0 saturated carbocycles. The van der Waals surface area contributed by atoms with Gasteiger partial charge < -0.3 is 19.2 Å². The van der Waals surface area contributed by atoms with E-state index >= 15 is 0 Å². The molecule has 0 unspecified atom stereocenters. The summed E-state index contributed by atoms with van der Waals surface area (Å²) in [7, 11) is 1.49. The minimum atomic E-state index is -4.80. The molecule has 0 atom stereocenters. The van der Waals surface area contributed by atoms with Crippen molar-refractivity contribution in [1.29, 1.82) is 0 Å². The molecule has 29 heavy (non-hydrogen) atoms. The number of anilines is 1. The van der Waals surface area contributed by atoms with Gasteiger partial charge in [0.25, 0.3) is 0 Å². The van der Waals surface area contributed by atoms with Gasteiger partial charge in [-0.3, -0.25) is 4.79 Å². The molecule has 0 aliphatic carbocycles. The zero-order valence-electron chi connectivity index (χ0n) is 15.4. The van der Waals surface area contributed by atoms with Crippen LogP contribution < -0.4 is 20.4 Å². The van der Waals surface area contributed by atoms with Gasteiger partial charge in [0.2, 0.25) is 5.91 Å². The molecule has 2 aromatic carbocycles. The predicted octanol–water partition coefficient (Wildman–Crippen LogP) is 4.19. The molecule has 3 aromatic rings. The quantitative estimate of drug-likeness (QED) is 0.642. The van der Waals surface area contributed by atoms with Crippen LogP contribution >= 0.6 is 0 Å². The van der Waals surface area contributed by atoms with Crippen LogP contribution in [-0.4, -0.2) is 19.4 Å². The summed E-state index contributed by atoms with van der Waals surface area (Å²) in [6, 6.07) is 9.70. The fourth-order valence-electron chi connectivity index (χ4n) is 2.81. The third-order valence-electron chi connectivity index (χ3n) is 4.20. The number of aryl methyl sites for hydroxylation is 1. The Bertz CT molecular complexity index is 1100. The topological polar surface area (TPSA) is 77.8 Å². The van der Waals surface area contributed by atoms with Gasteiger partial charge in [0.05, 0.1) is 19.1 Å². The van der Waals surface area contributed by atoms with Crippen molar-refractivity contribution >= 4 is 22.6 Å². The van der Waals surface area contributed by atoms with Crippen LogP contribution in [-0.2, 0) is 11.2 Å². The highest BCUT2D eigenvalue weighted by atomic mass is 19.4. The monoisotopic (exact) mass is 407 g/mol. The predicted molar refractivity (Wildman–Crippen MR) is 99.2 cm³/mol. The van der Waals surface area contributed by atoms with Gasteiger partial charge in [0.15, 0.2) is 0 Å². The normalized spacial score (nSPS) is 11.3. The van der Waals surface area contributed by atoms with Crippen LogP contribution in [0.4, 0.5) is 18.9 Å². The molecular weight excluding hydrogens is 391 g/mol. The number of hydrogen-bond donors (Lipinski definition) is 1. The Labute approximate surface area is 162 Å². The molecule has 1 aromatic heterocycles. The summed E-state index contributed by atoms with van der Waals surface area (Å²) in [5.41, 5.74) is 0.751. The molecule has 9 heteroatoms. The lowest BCUT2D eigenvalue weighted by atomic mass is 10.0. The third kappa shape index (κ3) is 4.87. The second kappa shape index (κ2) is 7.86. The molecular formula is C20H16F3NO5. The zero-order valence-corrected chi connectivity index (χ0v) is 15.4. The van der Waals surface area contributed by atoms with Gasteiger partial charge in [0.1, 0.15) is 17.1 Å². The molecule has 3 rings (SSSR count). The van der Waals surface area contributed by atoms with E-state index in [1.807, 2.05) is 0 Å². The fraction of sp³-hybridized carbons (Fsp3) is 0.200. The lowest BCUT2D eigenvalue weighted by Gasteiger charge is -2.11. The van der Waals surface area contributed by atoms with Crippen molar-refractivity contribution in [2.24, 2.45) is 0 Å². The largest absolute Gasteiger partial charge is 0.573 e. The van der Waals surface area contributed by atoms with Crippen LogP contribution in [0.2, 0.25) is 0 Å². The average Bonchev–Trinajstić information content (AvgIpc) is 2.65. The SMILES string of the molecule is COc1ccc2c(C)c(CC(=O)Nc3ccc(OC(F)(F)F)cc3)c(=O)oc2c1. The van der Waals surface area contributed by atoms with Gasteiger partial charge in [-0.25, -0.2) is 4.79 Å². The van der Waals surface area contributed by atoms with Crippen LogP contribution in [0.3, 0.4) is 0 Å². The van der Waals surface area contributed by atoms with E-state index in [0.717, 1.165) is 12.1 Å². The van der Waals surface area contributed by atoms with Crippen molar-refractivity contribution in [3.63, 3.8) is 0 Å². The minimum absolute atomic E-state index is 0.192. The highest BCUT2D eigenvalue weighted by molar-refractivity contribution is 5.93. The maximum atomic E-state index is 12.3. The summed E-state index contributed by atoms with van der Waals surface area (Å²) in [5.74, 6) is -0.391. The van der Waals surface area contributed by atoms with Crippen LogP contribution in [0.15, 0.2) is 51.7 Å². The van der Waals surface area contributed by atoms with E-state index in [0.29, 0.717) is 22.3 Å². The van der Waals surface area contributed by atoms with Crippen molar-refractivity contribution in [2.45, 2.75) is 19.7 Å². The molecule has 0 fully saturated rings. The smallest absolute Gasteiger partial charge is 0.497 e. The second-order valence-corrected chi connectivity index (χ2v) is 6.15. The lowest BCUT2D eigenvalue weighted by molar-refractivity contribution is -0.274. The number of benzene rings is 2. The Morgan fingerprint density at radius 1 is 1.10 bits per heavy atom. The summed E-state index contributed by atoms with van der Waals surface area (Å²) in [6.45, 7) is 1.71. The van der Waals surface area contributed by atoms with E-state index in [1.54, 1.807) is 25.1 Å². The maximum Gasteiger partial charge on any atom is 0.573 e. The third-order valence-corrected chi connectivity index (χ3v) is 4.20. The Hall–Kier alpha value is -3.49. The Morgan fingerprint density at radius 2 is 1.76 bits per heavy atom. The standard InChI is InChI=1S/C20H16F3NO5/c1-11-15-8-7-14(27-2)9-17(15)28-19(26)16(11)10-18(25)24-12-3-5-13(6-4-12)29-20(21,22)23/h3-9H,10H2,1-2H3,(H,24,25). The summed E-state index contributed by atoms with van der Waals surface area (Å²) in [5, 5.41) is 3.19. The molecule has 1 N–H and O–H groups in total. The lowest BCUT2D eigenvalue weighted by Crippen LogP contribution is -2.20. The van der Waals surface area contributed by atoms with E-state index in [2.05, 4.69) is 10.1 Å².